The summed E-state index contributed by atoms with van der Waals surface area (Å²) in [7, 11) is 0. The van der Waals surface area contributed by atoms with E-state index in [1.54, 1.807) is 0 Å². The third-order valence-electron chi connectivity index (χ3n) is 5.85. The molecule has 1 fully saturated rings. The van der Waals surface area contributed by atoms with Crippen molar-refractivity contribution in [2.24, 2.45) is 0 Å². The highest BCUT2D eigenvalue weighted by Crippen LogP contribution is 2.16. The topological polar surface area (TPSA) is 27.7 Å². The van der Waals surface area contributed by atoms with Crippen molar-refractivity contribution in [3.63, 3.8) is 0 Å². The normalized spacial score (nSPS) is 14.5. The molecule has 2 aromatic rings. The number of hydrogen-bond donors (Lipinski definition) is 1. The van der Waals surface area contributed by atoms with Crippen LogP contribution in [0.4, 0.5) is 0 Å². The van der Waals surface area contributed by atoms with Gasteiger partial charge in [0.2, 0.25) is 0 Å². The van der Waals surface area contributed by atoms with Crippen LogP contribution in [0.15, 0.2) is 54.6 Å². The molecule has 31 heavy (non-hydrogen) atoms. The molecule has 1 heterocycles. The number of hydrogen-bond acceptors (Lipinski definition) is 3. The van der Waals surface area contributed by atoms with Crippen LogP contribution in [-0.4, -0.2) is 60.8 Å². The summed E-state index contributed by atoms with van der Waals surface area (Å²) in [6, 6.07) is 19.6. The SMILES string of the molecule is CC(C)c1ccc(CN(CCCN2CCOCC2)C(=S)NCCc2ccccc2)cc1. The summed E-state index contributed by atoms with van der Waals surface area (Å²) >= 11 is 5.81. The molecular weight excluding hydrogens is 402 g/mol. The van der Waals surface area contributed by atoms with Crippen molar-refractivity contribution in [1.82, 2.24) is 15.1 Å². The first-order valence-electron chi connectivity index (χ1n) is 11.6. The summed E-state index contributed by atoms with van der Waals surface area (Å²) in [5, 5.41) is 4.35. The highest BCUT2D eigenvalue weighted by Gasteiger charge is 2.14. The lowest BCUT2D eigenvalue weighted by molar-refractivity contribution is 0.0367. The second-order valence-electron chi connectivity index (χ2n) is 8.59. The van der Waals surface area contributed by atoms with Crippen molar-refractivity contribution >= 4 is 17.3 Å². The Labute approximate surface area is 193 Å². The van der Waals surface area contributed by atoms with Gasteiger partial charge in [-0.05, 0) is 47.7 Å². The highest BCUT2D eigenvalue weighted by molar-refractivity contribution is 7.80. The van der Waals surface area contributed by atoms with Crippen molar-refractivity contribution in [2.45, 2.75) is 39.2 Å². The van der Waals surface area contributed by atoms with Gasteiger partial charge in [0.25, 0.3) is 0 Å². The van der Waals surface area contributed by atoms with Crippen molar-refractivity contribution in [1.29, 1.82) is 0 Å². The molecule has 2 aromatic carbocycles. The highest BCUT2D eigenvalue weighted by atomic mass is 32.1. The van der Waals surface area contributed by atoms with E-state index in [1.807, 2.05) is 0 Å². The van der Waals surface area contributed by atoms with Crippen molar-refractivity contribution in [3.05, 3.63) is 71.3 Å². The van der Waals surface area contributed by atoms with Gasteiger partial charge in [0.05, 0.1) is 13.2 Å². The maximum atomic E-state index is 5.81. The average Bonchev–Trinajstić information content (AvgIpc) is 2.80. The third-order valence-corrected chi connectivity index (χ3v) is 6.25. The molecule has 0 unspecified atom stereocenters. The Hall–Kier alpha value is -1.95. The molecule has 1 N–H and O–H groups in total. The van der Waals surface area contributed by atoms with E-state index in [-0.39, 0.29) is 0 Å². The minimum absolute atomic E-state index is 0.555. The van der Waals surface area contributed by atoms with E-state index >= 15 is 0 Å². The Balaban J connectivity index is 1.54. The van der Waals surface area contributed by atoms with Crippen LogP contribution in [0.25, 0.3) is 0 Å². The molecule has 1 aliphatic heterocycles. The van der Waals surface area contributed by atoms with E-state index in [1.165, 1.54) is 16.7 Å². The molecule has 0 atom stereocenters. The third kappa shape index (κ3) is 8.24. The smallest absolute Gasteiger partial charge is 0.169 e. The number of benzene rings is 2. The molecule has 5 heteroatoms. The van der Waals surface area contributed by atoms with Gasteiger partial charge in [0.15, 0.2) is 5.11 Å². The Bertz CT molecular complexity index is 773. The second kappa shape index (κ2) is 12.8. The number of thiocarbonyl (C=S) groups is 1. The average molecular weight is 440 g/mol. The molecule has 0 saturated carbocycles. The predicted molar refractivity (Wildman–Crippen MR) is 134 cm³/mol. The summed E-state index contributed by atoms with van der Waals surface area (Å²) in [6.07, 6.45) is 2.08. The number of nitrogens with zero attached hydrogens (tertiary/aromatic N) is 2. The zero-order valence-electron chi connectivity index (χ0n) is 19.1. The van der Waals surface area contributed by atoms with Crippen LogP contribution in [0.1, 0.15) is 42.9 Å². The number of morpholine rings is 1. The van der Waals surface area contributed by atoms with Gasteiger partial charge in [-0.25, -0.2) is 0 Å². The quantitative estimate of drug-likeness (QED) is 0.552. The Kier molecular flexibility index (Phi) is 9.79. The van der Waals surface area contributed by atoms with Crippen LogP contribution < -0.4 is 5.32 Å². The molecule has 4 nitrogen and oxygen atoms in total. The van der Waals surface area contributed by atoms with E-state index < -0.39 is 0 Å². The molecule has 0 radical (unpaired) electrons. The van der Waals surface area contributed by atoms with Gasteiger partial charge < -0.3 is 15.0 Å². The van der Waals surface area contributed by atoms with E-state index in [0.717, 1.165) is 70.4 Å². The van der Waals surface area contributed by atoms with Gasteiger partial charge in [0.1, 0.15) is 0 Å². The molecule has 0 bridgehead atoms. The van der Waals surface area contributed by atoms with Gasteiger partial charge in [-0.2, -0.15) is 0 Å². The fourth-order valence-corrected chi connectivity index (χ4v) is 4.12. The number of rotatable bonds is 10. The molecule has 0 amide bonds. The lowest BCUT2D eigenvalue weighted by Gasteiger charge is -2.30. The molecule has 168 valence electrons. The lowest BCUT2D eigenvalue weighted by Crippen LogP contribution is -2.42. The zero-order valence-corrected chi connectivity index (χ0v) is 19.9. The maximum absolute atomic E-state index is 5.81. The summed E-state index contributed by atoms with van der Waals surface area (Å²) in [4.78, 5) is 4.82. The fourth-order valence-electron chi connectivity index (χ4n) is 3.86. The molecule has 0 aromatic heterocycles. The molecule has 3 rings (SSSR count). The van der Waals surface area contributed by atoms with Crippen molar-refractivity contribution < 1.29 is 4.74 Å². The summed E-state index contributed by atoms with van der Waals surface area (Å²) in [5.74, 6) is 0.555. The maximum Gasteiger partial charge on any atom is 0.169 e. The number of nitrogens with one attached hydrogen (secondary N) is 1. The van der Waals surface area contributed by atoms with E-state index in [9.17, 15) is 0 Å². The van der Waals surface area contributed by atoms with Crippen LogP contribution in [0.5, 0.6) is 0 Å². The van der Waals surface area contributed by atoms with Gasteiger partial charge >= 0.3 is 0 Å². The minimum atomic E-state index is 0.555. The summed E-state index contributed by atoms with van der Waals surface area (Å²) < 4.78 is 5.47. The Morgan fingerprint density at radius 2 is 1.74 bits per heavy atom. The number of ether oxygens (including phenoxy) is 1. The predicted octanol–water partition coefficient (Wildman–Crippen LogP) is 4.45. The Morgan fingerprint density at radius 3 is 2.42 bits per heavy atom. The van der Waals surface area contributed by atoms with Crippen LogP contribution in [0.2, 0.25) is 0 Å². The van der Waals surface area contributed by atoms with Crippen molar-refractivity contribution in [3.8, 4) is 0 Å². The zero-order chi connectivity index (χ0) is 21.9. The second-order valence-corrected chi connectivity index (χ2v) is 8.98. The molecule has 0 spiro atoms. The van der Waals surface area contributed by atoms with Crippen LogP contribution in [0, 0.1) is 0 Å². The summed E-state index contributed by atoms with van der Waals surface area (Å²) in [6.45, 7) is 12.0. The van der Waals surface area contributed by atoms with Crippen LogP contribution >= 0.6 is 12.2 Å². The first kappa shape index (κ1) is 23.7. The minimum Gasteiger partial charge on any atom is -0.379 e. The molecule has 0 aliphatic carbocycles. The van der Waals surface area contributed by atoms with Crippen LogP contribution in [-0.2, 0) is 17.7 Å². The fraction of sp³-hybridized carbons (Fsp3) is 0.500. The first-order chi connectivity index (χ1) is 15.1. The van der Waals surface area contributed by atoms with Gasteiger partial charge in [-0.1, -0.05) is 68.4 Å². The van der Waals surface area contributed by atoms with E-state index in [2.05, 4.69) is 83.6 Å². The van der Waals surface area contributed by atoms with Gasteiger partial charge in [-0.3, -0.25) is 4.90 Å². The Morgan fingerprint density at radius 1 is 1.03 bits per heavy atom. The largest absolute Gasteiger partial charge is 0.379 e. The van der Waals surface area contributed by atoms with Crippen LogP contribution in [0.3, 0.4) is 0 Å². The molecule has 1 aliphatic rings. The molecular formula is C26H37N3OS. The van der Waals surface area contributed by atoms with E-state index in [4.69, 9.17) is 17.0 Å². The van der Waals surface area contributed by atoms with Gasteiger partial charge in [-0.15, -0.1) is 0 Å². The first-order valence-corrected chi connectivity index (χ1v) is 12.0. The lowest BCUT2D eigenvalue weighted by atomic mass is 10.0. The standard InChI is InChI=1S/C26H37N3OS/c1-22(2)25-11-9-24(10-12-25)21-29(16-6-15-28-17-19-30-20-18-28)26(31)27-14-13-23-7-4-3-5-8-23/h3-5,7-12,22H,6,13-21H2,1-2H3,(H,27,31). The monoisotopic (exact) mass is 439 g/mol. The van der Waals surface area contributed by atoms with Gasteiger partial charge in [0, 0.05) is 39.3 Å². The van der Waals surface area contributed by atoms with E-state index in [0.29, 0.717) is 5.92 Å². The van der Waals surface area contributed by atoms with Crippen molar-refractivity contribution in [2.75, 3.05) is 45.9 Å². The molecule has 1 saturated heterocycles. The summed E-state index contributed by atoms with van der Waals surface area (Å²) in [5.41, 5.74) is 4.02.